The van der Waals surface area contributed by atoms with Crippen LogP contribution in [0.4, 0.5) is 0 Å². The molecule has 3 rings (SSSR count). The Labute approximate surface area is 151 Å². The Hall–Kier alpha value is -1.43. The van der Waals surface area contributed by atoms with Crippen molar-refractivity contribution in [1.82, 2.24) is 25.6 Å². The van der Waals surface area contributed by atoms with E-state index >= 15 is 0 Å². The van der Waals surface area contributed by atoms with Crippen molar-refractivity contribution in [3.63, 3.8) is 0 Å². The molecule has 6 heteroatoms. The Morgan fingerprint density at radius 2 is 1.92 bits per heavy atom. The van der Waals surface area contributed by atoms with Gasteiger partial charge >= 0.3 is 0 Å². The molecule has 0 unspecified atom stereocenters. The quantitative estimate of drug-likeness (QED) is 0.795. The van der Waals surface area contributed by atoms with Crippen molar-refractivity contribution in [2.24, 2.45) is 11.8 Å². The van der Waals surface area contributed by atoms with E-state index in [0.29, 0.717) is 17.7 Å². The molecule has 1 aromatic heterocycles. The van der Waals surface area contributed by atoms with Crippen LogP contribution in [0.25, 0.3) is 0 Å². The fraction of sp³-hybridized carbons (Fsp3) is 0.842. The van der Waals surface area contributed by atoms with Gasteiger partial charge in [0.15, 0.2) is 5.69 Å². The van der Waals surface area contributed by atoms with Gasteiger partial charge in [-0.25, -0.2) is 4.68 Å². The van der Waals surface area contributed by atoms with Gasteiger partial charge in [-0.05, 0) is 50.6 Å². The summed E-state index contributed by atoms with van der Waals surface area (Å²) in [5.41, 5.74) is 0.454. The molecule has 0 bridgehead atoms. The molecule has 0 aromatic carbocycles. The van der Waals surface area contributed by atoms with Gasteiger partial charge in [-0.15, -0.1) is 5.10 Å². The first-order valence-corrected chi connectivity index (χ1v) is 10.2. The van der Waals surface area contributed by atoms with E-state index in [-0.39, 0.29) is 5.91 Å². The minimum Gasteiger partial charge on any atom is -0.350 e. The van der Waals surface area contributed by atoms with Crippen molar-refractivity contribution in [2.45, 2.75) is 70.8 Å². The first kappa shape index (κ1) is 18.4. The second-order valence-corrected chi connectivity index (χ2v) is 7.80. The van der Waals surface area contributed by atoms with Crippen LogP contribution in [-0.4, -0.2) is 40.5 Å². The average molecular weight is 348 g/mol. The highest BCUT2D eigenvalue weighted by Crippen LogP contribution is 2.31. The zero-order valence-electron chi connectivity index (χ0n) is 15.5. The maximum Gasteiger partial charge on any atom is 0.273 e. The molecule has 2 fully saturated rings. The lowest BCUT2D eigenvalue weighted by Crippen LogP contribution is -2.31. The van der Waals surface area contributed by atoms with Gasteiger partial charge in [-0.1, -0.05) is 44.2 Å². The maximum atomic E-state index is 12.3. The van der Waals surface area contributed by atoms with E-state index < -0.39 is 0 Å². The van der Waals surface area contributed by atoms with Crippen molar-refractivity contribution in [1.29, 1.82) is 0 Å². The highest BCUT2D eigenvalue weighted by molar-refractivity contribution is 5.91. The Balaban J connectivity index is 1.40. The van der Waals surface area contributed by atoms with Crippen molar-refractivity contribution < 1.29 is 4.79 Å². The summed E-state index contributed by atoms with van der Waals surface area (Å²) in [6, 6.07) is 0.369. The van der Waals surface area contributed by atoms with Gasteiger partial charge < -0.3 is 10.6 Å². The monoisotopic (exact) mass is 347 g/mol. The van der Waals surface area contributed by atoms with Crippen LogP contribution >= 0.6 is 0 Å². The number of carbonyl (C=O) groups excluding carboxylic acids is 1. The van der Waals surface area contributed by atoms with Gasteiger partial charge in [0.1, 0.15) is 0 Å². The van der Waals surface area contributed by atoms with Gasteiger partial charge in [-0.3, -0.25) is 4.79 Å². The van der Waals surface area contributed by atoms with E-state index in [1.807, 2.05) is 10.9 Å². The lowest BCUT2D eigenvalue weighted by atomic mass is 9.80. The van der Waals surface area contributed by atoms with Crippen molar-refractivity contribution >= 4 is 5.91 Å². The van der Waals surface area contributed by atoms with E-state index in [2.05, 4.69) is 27.9 Å². The summed E-state index contributed by atoms with van der Waals surface area (Å²) in [5, 5.41) is 14.7. The smallest absolute Gasteiger partial charge is 0.273 e. The van der Waals surface area contributed by atoms with E-state index in [4.69, 9.17) is 0 Å². The minimum atomic E-state index is -0.0757. The molecule has 1 aromatic rings. The zero-order chi connectivity index (χ0) is 17.5. The molecule has 1 saturated carbocycles. The van der Waals surface area contributed by atoms with E-state index in [1.54, 1.807) is 0 Å². The van der Waals surface area contributed by atoms with Gasteiger partial charge in [0, 0.05) is 6.54 Å². The highest BCUT2D eigenvalue weighted by Gasteiger charge is 2.22. The third kappa shape index (κ3) is 5.27. The normalized spacial score (nSPS) is 25.0. The van der Waals surface area contributed by atoms with Crippen LogP contribution in [0, 0.1) is 11.8 Å². The summed E-state index contributed by atoms with van der Waals surface area (Å²) in [4.78, 5) is 12.3. The number of nitrogens with one attached hydrogen (secondary N) is 2. The Morgan fingerprint density at radius 1 is 1.20 bits per heavy atom. The van der Waals surface area contributed by atoms with Crippen LogP contribution in [0.3, 0.4) is 0 Å². The van der Waals surface area contributed by atoms with Gasteiger partial charge in [0.2, 0.25) is 0 Å². The average Bonchev–Trinajstić information content (AvgIpc) is 3.16. The lowest BCUT2D eigenvalue weighted by molar-refractivity contribution is 0.0936. The third-order valence-electron chi connectivity index (χ3n) is 5.91. The molecule has 6 nitrogen and oxygen atoms in total. The SMILES string of the molecule is CCCCC1CCC(CNC(=O)c2cn(C3CCNCC3)nn2)CC1. The molecule has 2 heterocycles. The molecular weight excluding hydrogens is 314 g/mol. The minimum absolute atomic E-state index is 0.0757. The van der Waals surface area contributed by atoms with Crippen LogP contribution in [0.1, 0.15) is 81.2 Å². The number of amides is 1. The van der Waals surface area contributed by atoms with Gasteiger partial charge in [0.05, 0.1) is 12.2 Å². The first-order chi connectivity index (χ1) is 12.3. The predicted molar refractivity (Wildman–Crippen MR) is 98.5 cm³/mol. The van der Waals surface area contributed by atoms with E-state index in [0.717, 1.165) is 38.4 Å². The number of carbonyl (C=O) groups is 1. The van der Waals surface area contributed by atoms with Crippen LogP contribution in [0.15, 0.2) is 6.20 Å². The summed E-state index contributed by atoms with van der Waals surface area (Å²) in [6.07, 6.45) is 13.1. The second-order valence-electron chi connectivity index (χ2n) is 7.80. The fourth-order valence-corrected chi connectivity index (χ4v) is 4.18. The highest BCUT2D eigenvalue weighted by atomic mass is 16.2. The Morgan fingerprint density at radius 3 is 2.64 bits per heavy atom. The first-order valence-electron chi connectivity index (χ1n) is 10.2. The molecule has 0 spiro atoms. The third-order valence-corrected chi connectivity index (χ3v) is 5.91. The summed E-state index contributed by atoms with van der Waals surface area (Å²) < 4.78 is 1.87. The largest absolute Gasteiger partial charge is 0.350 e. The number of nitrogens with zero attached hydrogens (tertiary/aromatic N) is 3. The molecule has 25 heavy (non-hydrogen) atoms. The topological polar surface area (TPSA) is 71.8 Å². The molecule has 1 aliphatic heterocycles. The maximum absolute atomic E-state index is 12.3. The van der Waals surface area contributed by atoms with Crippen LogP contribution in [0.2, 0.25) is 0 Å². The lowest BCUT2D eigenvalue weighted by Gasteiger charge is -2.28. The summed E-state index contributed by atoms with van der Waals surface area (Å²) in [6.45, 7) is 5.06. The number of rotatable bonds is 7. The predicted octanol–water partition coefficient (Wildman–Crippen LogP) is 2.93. The number of hydrogen-bond acceptors (Lipinski definition) is 4. The second kappa shape index (κ2) is 9.32. The summed E-state index contributed by atoms with van der Waals surface area (Å²) in [5.74, 6) is 1.46. The number of piperidine rings is 1. The molecule has 0 radical (unpaired) electrons. The summed E-state index contributed by atoms with van der Waals surface area (Å²) >= 11 is 0. The molecule has 2 aliphatic rings. The fourth-order valence-electron chi connectivity index (χ4n) is 4.18. The Kier molecular flexibility index (Phi) is 6.84. The molecule has 0 atom stereocenters. The molecule has 2 N–H and O–H groups in total. The number of hydrogen-bond donors (Lipinski definition) is 2. The standard InChI is InChI=1S/C19H33N5O/c1-2-3-4-15-5-7-16(8-6-15)13-21-19(25)18-14-24(23-22-18)17-9-11-20-12-10-17/h14-17,20H,2-13H2,1H3,(H,21,25). The molecule has 1 amide bonds. The van der Waals surface area contributed by atoms with Crippen LogP contribution < -0.4 is 10.6 Å². The van der Waals surface area contributed by atoms with E-state index in [1.165, 1.54) is 44.9 Å². The summed E-state index contributed by atoms with van der Waals surface area (Å²) in [7, 11) is 0. The van der Waals surface area contributed by atoms with Crippen molar-refractivity contribution in [3.05, 3.63) is 11.9 Å². The number of unbranched alkanes of at least 4 members (excludes halogenated alkanes) is 1. The zero-order valence-corrected chi connectivity index (χ0v) is 15.5. The molecule has 1 aliphatic carbocycles. The Bertz CT molecular complexity index is 530. The van der Waals surface area contributed by atoms with Gasteiger partial charge in [-0.2, -0.15) is 0 Å². The van der Waals surface area contributed by atoms with Crippen molar-refractivity contribution in [3.8, 4) is 0 Å². The molecule has 140 valence electrons. The number of aromatic nitrogens is 3. The van der Waals surface area contributed by atoms with Crippen LogP contribution in [0.5, 0.6) is 0 Å². The van der Waals surface area contributed by atoms with Gasteiger partial charge in [0.25, 0.3) is 5.91 Å². The molecular formula is C19H33N5O. The molecule has 1 saturated heterocycles. The van der Waals surface area contributed by atoms with E-state index in [9.17, 15) is 4.79 Å². The van der Waals surface area contributed by atoms with Crippen LogP contribution in [-0.2, 0) is 0 Å². The van der Waals surface area contributed by atoms with Crippen molar-refractivity contribution in [2.75, 3.05) is 19.6 Å².